The summed E-state index contributed by atoms with van der Waals surface area (Å²) in [5.41, 5.74) is 1.74. The van der Waals surface area contributed by atoms with Gasteiger partial charge in [0.15, 0.2) is 0 Å². The van der Waals surface area contributed by atoms with E-state index in [0.29, 0.717) is 21.4 Å². The largest absolute Gasteiger partial charge is 0.497 e. The van der Waals surface area contributed by atoms with Crippen molar-refractivity contribution in [1.82, 2.24) is 10.2 Å². The van der Waals surface area contributed by atoms with Gasteiger partial charge in [-0.05, 0) is 60.4 Å². The van der Waals surface area contributed by atoms with Gasteiger partial charge in [0.2, 0.25) is 11.8 Å². The molecular weight excluding hydrogens is 669 g/mol. The van der Waals surface area contributed by atoms with E-state index in [-0.39, 0.29) is 35.5 Å². The number of halogens is 2. The number of amides is 2. The van der Waals surface area contributed by atoms with Crippen molar-refractivity contribution in [3.05, 3.63) is 124 Å². The van der Waals surface area contributed by atoms with E-state index in [1.54, 1.807) is 60.7 Å². The van der Waals surface area contributed by atoms with Crippen LogP contribution in [-0.4, -0.2) is 50.9 Å². The Morgan fingerprint density at radius 1 is 0.833 bits per heavy atom. The number of nitrogens with one attached hydrogen (secondary N) is 1. The van der Waals surface area contributed by atoms with Gasteiger partial charge in [0.1, 0.15) is 18.3 Å². The predicted octanol–water partition coefficient (Wildman–Crippen LogP) is 7.29. The molecule has 1 saturated carbocycles. The Morgan fingerprint density at radius 3 is 2.19 bits per heavy atom. The van der Waals surface area contributed by atoms with Gasteiger partial charge in [-0.1, -0.05) is 103 Å². The first-order valence-corrected chi connectivity index (χ1v) is 18.1. The molecule has 252 valence electrons. The smallest absolute Gasteiger partial charge is 0.264 e. The first-order valence-electron chi connectivity index (χ1n) is 16.0. The summed E-state index contributed by atoms with van der Waals surface area (Å²) in [6, 6.07) is 28.0. The first-order chi connectivity index (χ1) is 23.2. The second-order valence-corrected chi connectivity index (χ2v) is 14.5. The highest BCUT2D eigenvalue weighted by atomic mass is 35.5. The Balaban J connectivity index is 1.58. The van der Waals surface area contributed by atoms with E-state index in [4.69, 9.17) is 27.9 Å². The maximum Gasteiger partial charge on any atom is 0.264 e. The standard InChI is InChI=1S/C37H39Cl2N3O5S/c1-47-31-17-11-16-30(24-31)42(48(45,46)32-18-9-4-10-19-32)26-36(43)41(25-28-20-21-33(38)34(39)22-28)35(23-27-12-5-2-6-13-27)37(44)40-29-14-7-3-8-15-29/h2,4-6,9-13,16-22,24,29,35H,3,7-8,14-15,23,25-26H2,1H3,(H,40,44)/t35-/m1/s1. The molecule has 0 spiro atoms. The maximum absolute atomic E-state index is 14.7. The third-order valence-electron chi connectivity index (χ3n) is 8.51. The molecule has 1 N–H and O–H groups in total. The third kappa shape index (κ3) is 8.89. The molecule has 1 fully saturated rings. The Hall–Kier alpha value is -4.05. The molecule has 0 bridgehead atoms. The van der Waals surface area contributed by atoms with Gasteiger partial charge in [-0.2, -0.15) is 0 Å². The van der Waals surface area contributed by atoms with Crippen LogP contribution in [0.1, 0.15) is 43.2 Å². The lowest BCUT2D eigenvalue weighted by Crippen LogP contribution is -2.55. The number of benzene rings is 4. The van der Waals surface area contributed by atoms with Gasteiger partial charge in [0.05, 0.1) is 27.7 Å². The van der Waals surface area contributed by atoms with Crippen molar-refractivity contribution in [2.75, 3.05) is 18.0 Å². The van der Waals surface area contributed by atoms with Gasteiger partial charge < -0.3 is 15.0 Å². The summed E-state index contributed by atoms with van der Waals surface area (Å²) >= 11 is 12.6. The van der Waals surface area contributed by atoms with Crippen molar-refractivity contribution >= 4 is 50.7 Å². The lowest BCUT2D eigenvalue weighted by Gasteiger charge is -2.35. The number of ether oxygens (including phenoxy) is 1. The van der Waals surface area contributed by atoms with Gasteiger partial charge >= 0.3 is 0 Å². The number of nitrogens with zero attached hydrogens (tertiary/aromatic N) is 2. The third-order valence-corrected chi connectivity index (χ3v) is 11.0. The second kappa shape index (κ2) is 16.4. The molecule has 11 heteroatoms. The normalized spacial score (nSPS) is 14.1. The van der Waals surface area contributed by atoms with E-state index in [0.717, 1.165) is 42.0 Å². The zero-order valence-electron chi connectivity index (χ0n) is 26.7. The Kier molecular flexibility index (Phi) is 12.0. The number of hydrogen-bond donors (Lipinski definition) is 1. The second-order valence-electron chi connectivity index (χ2n) is 11.8. The number of carbonyl (C=O) groups is 2. The van der Waals surface area contributed by atoms with Crippen LogP contribution >= 0.6 is 23.2 Å². The summed E-state index contributed by atoms with van der Waals surface area (Å²) in [6.45, 7) is -0.587. The molecule has 8 nitrogen and oxygen atoms in total. The summed E-state index contributed by atoms with van der Waals surface area (Å²) in [6.07, 6.45) is 5.11. The average Bonchev–Trinajstić information content (AvgIpc) is 3.11. The number of methoxy groups -OCH3 is 1. The molecule has 4 aromatic carbocycles. The van der Waals surface area contributed by atoms with Crippen LogP contribution in [0.2, 0.25) is 10.0 Å². The number of sulfonamides is 1. The van der Waals surface area contributed by atoms with Crippen LogP contribution in [0.15, 0.2) is 108 Å². The van der Waals surface area contributed by atoms with Gasteiger partial charge in [0, 0.05) is 25.1 Å². The lowest BCUT2D eigenvalue weighted by atomic mass is 9.94. The maximum atomic E-state index is 14.7. The summed E-state index contributed by atoms with van der Waals surface area (Å²) in [5, 5.41) is 3.87. The fraction of sp³-hybridized carbons (Fsp3) is 0.297. The van der Waals surface area contributed by atoms with Gasteiger partial charge in [0.25, 0.3) is 10.0 Å². The van der Waals surface area contributed by atoms with Crippen molar-refractivity contribution in [2.45, 2.75) is 62.0 Å². The highest BCUT2D eigenvalue weighted by Crippen LogP contribution is 2.29. The lowest BCUT2D eigenvalue weighted by molar-refractivity contribution is -0.140. The van der Waals surface area contributed by atoms with Crippen LogP contribution in [0.25, 0.3) is 0 Å². The van der Waals surface area contributed by atoms with Crippen molar-refractivity contribution in [3.8, 4) is 5.75 Å². The van der Waals surface area contributed by atoms with Crippen molar-refractivity contribution in [2.24, 2.45) is 0 Å². The molecule has 48 heavy (non-hydrogen) atoms. The van der Waals surface area contributed by atoms with Gasteiger partial charge in [-0.3, -0.25) is 13.9 Å². The molecule has 0 saturated heterocycles. The highest BCUT2D eigenvalue weighted by molar-refractivity contribution is 7.92. The number of hydrogen-bond acceptors (Lipinski definition) is 5. The van der Waals surface area contributed by atoms with Crippen LogP contribution in [0.3, 0.4) is 0 Å². The van der Waals surface area contributed by atoms with Gasteiger partial charge in [-0.25, -0.2) is 8.42 Å². The molecule has 2 amide bonds. The number of anilines is 1. The molecule has 4 aromatic rings. The topological polar surface area (TPSA) is 96.0 Å². The molecule has 0 heterocycles. The molecule has 0 unspecified atom stereocenters. The van der Waals surface area contributed by atoms with Crippen molar-refractivity contribution in [3.63, 3.8) is 0 Å². The van der Waals surface area contributed by atoms with Crippen LogP contribution in [-0.2, 0) is 32.6 Å². The number of rotatable bonds is 13. The van der Waals surface area contributed by atoms with Crippen LogP contribution < -0.4 is 14.4 Å². The predicted molar refractivity (Wildman–Crippen MR) is 190 cm³/mol. The minimum Gasteiger partial charge on any atom is -0.497 e. The van der Waals surface area contributed by atoms with Crippen LogP contribution in [0, 0.1) is 0 Å². The molecule has 0 aromatic heterocycles. The monoisotopic (exact) mass is 707 g/mol. The minimum absolute atomic E-state index is 0.00167. The molecule has 1 aliphatic rings. The summed E-state index contributed by atoms with van der Waals surface area (Å²) in [4.78, 5) is 30.4. The SMILES string of the molecule is COc1cccc(N(CC(=O)N(Cc2ccc(Cl)c(Cl)c2)[C@H](Cc2ccccc2)C(=O)NC2CCCCC2)S(=O)(=O)c2ccccc2)c1. The zero-order chi connectivity index (χ0) is 34.1. The Labute approximate surface area is 292 Å². The van der Waals surface area contributed by atoms with Crippen LogP contribution in [0.4, 0.5) is 5.69 Å². The van der Waals surface area contributed by atoms with Crippen LogP contribution in [0.5, 0.6) is 5.75 Å². The van der Waals surface area contributed by atoms with E-state index < -0.39 is 28.5 Å². The Bertz CT molecular complexity index is 1800. The van der Waals surface area contributed by atoms with E-state index in [1.807, 2.05) is 30.3 Å². The fourth-order valence-electron chi connectivity index (χ4n) is 5.95. The molecule has 0 aliphatic heterocycles. The molecule has 0 radical (unpaired) electrons. The summed E-state index contributed by atoms with van der Waals surface area (Å²) < 4.78 is 34.8. The van der Waals surface area contributed by atoms with E-state index >= 15 is 0 Å². The Morgan fingerprint density at radius 2 is 1.52 bits per heavy atom. The summed E-state index contributed by atoms with van der Waals surface area (Å²) in [5.74, 6) is -0.434. The van der Waals surface area contributed by atoms with Crippen molar-refractivity contribution < 1.29 is 22.7 Å². The minimum atomic E-state index is -4.23. The molecule has 1 aliphatic carbocycles. The number of carbonyl (C=O) groups excluding carboxylic acids is 2. The average molecular weight is 709 g/mol. The van der Waals surface area contributed by atoms with E-state index in [9.17, 15) is 18.0 Å². The quantitative estimate of drug-likeness (QED) is 0.158. The molecule has 5 rings (SSSR count). The zero-order valence-corrected chi connectivity index (χ0v) is 29.1. The van der Waals surface area contributed by atoms with E-state index in [1.165, 1.54) is 24.1 Å². The molecular formula is C37H39Cl2N3O5S. The first kappa shape index (κ1) is 35.3. The molecule has 1 atom stereocenters. The highest BCUT2D eigenvalue weighted by Gasteiger charge is 2.35. The fourth-order valence-corrected chi connectivity index (χ4v) is 7.69. The van der Waals surface area contributed by atoms with E-state index in [2.05, 4.69) is 5.32 Å². The summed E-state index contributed by atoms with van der Waals surface area (Å²) in [7, 11) is -2.74. The van der Waals surface area contributed by atoms with Crippen molar-refractivity contribution in [1.29, 1.82) is 0 Å². The van der Waals surface area contributed by atoms with Gasteiger partial charge in [-0.15, -0.1) is 0 Å².